The number of rotatable bonds is 4. The molecule has 2 aromatic carbocycles. The van der Waals surface area contributed by atoms with Gasteiger partial charge in [0.15, 0.2) is 0 Å². The van der Waals surface area contributed by atoms with Gasteiger partial charge in [0.05, 0.1) is 23.9 Å². The lowest BCUT2D eigenvalue weighted by Gasteiger charge is -2.50. The first-order chi connectivity index (χ1) is 16.4. The van der Waals surface area contributed by atoms with Crippen LogP contribution in [-0.2, 0) is 10.3 Å². The topological polar surface area (TPSA) is 53.0 Å². The van der Waals surface area contributed by atoms with E-state index >= 15 is 0 Å². The van der Waals surface area contributed by atoms with Crippen LogP contribution in [0.15, 0.2) is 48.5 Å². The summed E-state index contributed by atoms with van der Waals surface area (Å²) >= 11 is 0. The average molecular weight is 491 g/mol. The molecule has 5 nitrogen and oxygen atoms in total. The Kier molecular flexibility index (Phi) is 7.01. The predicted octanol–water partition coefficient (Wildman–Crippen LogP) is 4.83. The Bertz CT molecular complexity index is 1040. The van der Waals surface area contributed by atoms with E-state index < -0.39 is 30.0 Å². The molecule has 4 rings (SSSR count). The first-order valence-electron chi connectivity index (χ1n) is 12.0. The highest BCUT2D eigenvalue weighted by molar-refractivity contribution is 5.94. The molecule has 0 bridgehead atoms. The standard InChI is InChI=1S/C27H33F3N2O3/c1-19-15-21(9-10-22(19)25(2,3)34)24(33)32-13-11-26(12-14-32)17-31(18-27(28,29)30)16-23(35-26)20-7-5-4-6-8-20/h4-10,15,23,34H,11-14,16-18H2,1-3H3. The van der Waals surface area contributed by atoms with Gasteiger partial charge in [0.2, 0.25) is 0 Å². The molecule has 0 aliphatic carbocycles. The van der Waals surface area contributed by atoms with Crippen molar-refractivity contribution in [1.29, 1.82) is 0 Å². The van der Waals surface area contributed by atoms with E-state index in [2.05, 4.69) is 0 Å². The van der Waals surface area contributed by atoms with Crippen LogP contribution in [-0.4, -0.2) is 65.3 Å². The molecule has 1 amide bonds. The molecular formula is C27H33F3N2O3. The lowest BCUT2D eigenvalue weighted by Crippen LogP contribution is -2.59. The SMILES string of the molecule is Cc1cc(C(=O)N2CCC3(CC2)CN(CC(F)(F)F)CC(c2ccccc2)O3)ccc1C(C)(C)O. The average Bonchev–Trinajstić information content (AvgIpc) is 2.77. The van der Waals surface area contributed by atoms with Crippen LogP contribution in [0, 0.1) is 6.92 Å². The smallest absolute Gasteiger partial charge is 0.386 e. The third kappa shape index (κ3) is 6.05. The zero-order valence-corrected chi connectivity index (χ0v) is 20.4. The Morgan fingerprint density at radius 3 is 2.34 bits per heavy atom. The number of alkyl halides is 3. The van der Waals surface area contributed by atoms with Crippen molar-refractivity contribution in [2.75, 3.05) is 32.7 Å². The number of aliphatic hydroxyl groups is 1. The number of carbonyl (C=O) groups excluding carboxylic acids is 1. The summed E-state index contributed by atoms with van der Waals surface area (Å²) in [6.07, 6.45) is -3.80. The molecule has 1 atom stereocenters. The second-order valence-electron chi connectivity index (χ2n) is 10.4. The van der Waals surface area contributed by atoms with Gasteiger partial charge in [-0.2, -0.15) is 13.2 Å². The highest BCUT2D eigenvalue weighted by Crippen LogP contribution is 2.39. The Hall–Kier alpha value is -2.42. The summed E-state index contributed by atoms with van der Waals surface area (Å²) in [7, 11) is 0. The Balaban J connectivity index is 1.48. The van der Waals surface area contributed by atoms with Crippen LogP contribution >= 0.6 is 0 Å². The van der Waals surface area contributed by atoms with Gasteiger partial charge in [-0.25, -0.2) is 0 Å². The van der Waals surface area contributed by atoms with Crippen molar-refractivity contribution in [3.05, 3.63) is 70.8 Å². The van der Waals surface area contributed by atoms with Crippen molar-refractivity contribution < 1.29 is 27.8 Å². The largest absolute Gasteiger partial charge is 0.401 e. The number of hydrogen-bond acceptors (Lipinski definition) is 4. The van der Waals surface area contributed by atoms with Crippen LogP contribution in [0.1, 0.15) is 59.8 Å². The van der Waals surface area contributed by atoms with Crippen molar-refractivity contribution >= 4 is 5.91 Å². The Morgan fingerprint density at radius 1 is 1.11 bits per heavy atom. The number of morpholine rings is 1. The van der Waals surface area contributed by atoms with E-state index in [1.165, 1.54) is 4.90 Å². The van der Waals surface area contributed by atoms with Crippen LogP contribution in [0.5, 0.6) is 0 Å². The van der Waals surface area contributed by atoms with Crippen molar-refractivity contribution in [1.82, 2.24) is 9.80 Å². The maximum atomic E-state index is 13.3. The van der Waals surface area contributed by atoms with E-state index in [4.69, 9.17) is 4.74 Å². The number of likely N-dealkylation sites (tertiary alicyclic amines) is 1. The number of amides is 1. The molecule has 1 spiro atoms. The number of ether oxygens (including phenoxy) is 1. The number of carbonyl (C=O) groups is 1. The highest BCUT2D eigenvalue weighted by Gasteiger charge is 2.46. The first-order valence-corrected chi connectivity index (χ1v) is 12.0. The number of piperidine rings is 1. The maximum absolute atomic E-state index is 13.3. The van der Waals surface area contributed by atoms with E-state index in [-0.39, 0.29) is 19.0 Å². The molecule has 2 heterocycles. The molecule has 35 heavy (non-hydrogen) atoms. The zero-order valence-electron chi connectivity index (χ0n) is 20.4. The minimum atomic E-state index is -4.29. The second-order valence-corrected chi connectivity index (χ2v) is 10.4. The van der Waals surface area contributed by atoms with Crippen molar-refractivity contribution in [3.8, 4) is 0 Å². The third-order valence-electron chi connectivity index (χ3n) is 7.00. The molecule has 190 valence electrons. The fraction of sp³-hybridized carbons (Fsp3) is 0.519. The second kappa shape index (κ2) is 9.56. The summed E-state index contributed by atoms with van der Waals surface area (Å²) in [5, 5.41) is 10.3. The predicted molar refractivity (Wildman–Crippen MR) is 127 cm³/mol. The number of halogens is 3. The summed E-state index contributed by atoms with van der Waals surface area (Å²) < 4.78 is 46.3. The summed E-state index contributed by atoms with van der Waals surface area (Å²) in [5.41, 5.74) is 1.26. The molecule has 0 radical (unpaired) electrons. The van der Waals surface area contributed by atoms with Crippen molar-refractivity contribution in [3.63, 3.8) is 0 Å². The number of hydrogen-bond donors (Lipinski definition) is 1. The van der Waals surface area contributed by atoms with Gasteiger partial charge in [-0.15, -0.1) is 0 Å². The van der Waals surface area contributed by atoms with Gasteiger partial charge in [-0.3, -0.25) is 9.69 Å². The first kappa shape index (κ1) is 25.7. The lowest BCUT2D eigenvalue weighted by atomic mass is 9.87. The molecule has 2 aliphatic heterocycles. The Morgan fingerprint density at radius 2 is 1.77 bits per heavy atom. The van der Waals surface area contributed by atoms with E-state index in [1.807, 2.05) is 37.3 Å². The zero-order chi connectivity index (χ0) is 25.4. The van der Waals surface area contributed by atoms with Crippen LogP contribution < -0.4 is 0 Å². The van der Waals surface area contributed by atoms with E-state index in [1.54, 1.807) is 36.9 Å². The van der Waals surface area contributed by atoms with Gasteiger partial charge in [0.25, 0.3) is 5.91 Å². The molecule has 1 unspecified atom stereocenters. The van der Waals surface area contributed by atoms with Gasteiger partial charge < -0.3 is 14.7 Å². The van der Waals surface area contributed by atoms with Crippen molar-refractivity contribution in [2.24, 2.45) is 0 Å². The number of benzene rings is 2. The van der Waals surface area contributed by atoms with Crippen molar-refractivity contribution in [2.45, 2.75) is 57.1 Å². The molecule has 1 N–H and O–H groups in total. The molecule has 2 saturated heterocycles. The van der Waals surface area contributed by atoms with Gasteiger partial charge >= 0.3 is 6.18 Å². The van der Waals surface area contributed by atoms with Crippen LogP contribution in [0.4, 0.5) is 13.2 Å². The van der Waals surface area contributed by atoms with Gasteiger partial charge in [-0.1, -0.05) is 36.4 Å². The fourth-order valence-electron chi connectivity index (χ4n) is 5.36. The minimum absolute atomic E-state index is 0.118. The van der Waals surface area contributed by atoms with Crippen LogP contribution in [0.25, 0.3) is 0 Å². The monoisotopic (exact) mass is 490 g/mol. The molecule has 2 aromatic rings. The summed E-state index contributed by atoms with van der Waals surface area (Å²) in [6, 6.07) is 14.6. The van der Waals surface area contributed by atoms with E-state index in [0.717, 1.165) is 16.7 Å². The molecule has 2 aliphatic rings. The van der Waals surface area contributed by atoms with Gasteiger partial charge in [0, 0.05) is 31.7 Å². The number of aryl methyl sites for hydroxylation is 1. The van der Waals surface area contributed by atoms with Gasteiger partial charge in [-0.05, 0) is 62.4 Å². The minimum Gasteiger partial charge on any atom is -0.386 e. The van der Waals surface area contributed by atoms with Crippen LogP contribution in [0.2, 0.25) is 0 Å². The summed E-state index contributed by atoms with van der Waals surface area (Å²) in [6.45, 7) is 5.49. The van der Waals surface area contributed by atoms with E-state index in [9.17, 15) is 23.1 Å². The Labute approximate surface area is 204 Å². The summed E-state index contributed by atoms with van der Waals surface area (Å²) in [4.78, 5) is 16.4. The van der Waals surface area contributed by atoms with Crippen LogP contribution in [0.3, 0.4) is 0 Å². The van der Waals surface area contributed by atoms with E-state index in [0.29, 0.717) is 31.5 Å². The third-order valence-corrected chi connectivity index (χ3v) is 7.00. The lowest BCUT2D eigenvalue weighted by molar-refractivity contribution is -0.205. The molecule has 0 aromatic heterocycles. The van der Waals surface area contributed by atoms with Gasteiger partial charge in [0.1, 0.15) is 0 Å². The maximum Gasteiger partial charge on any atom is 0.401 e. The highest BCUT2D eigenvalue weighted by atomic mass is 19.4. The number of nitrogens with zero attached hydrogens (tertiary/aromatic N) is 2. The quantitative estimate of drug-likeness (QED) is 0.667. The normalized spacial score (nSPS) is 21.3. The molecule has 8 heteroatoms. The summed E-state index contributed by atoms with van der Waals surface area (Å²) in [5.74, 6) is -0.118. The molecule has 2 fully saturated rings. The molecule has 0 saturated carbocycles. The fourth-order valence-corrected chi connectivity index (χ4v) is 5.36. The molecular weight excluding hydrogens is 457 g/mol.